The Morgan fingerprint density at radius 3 is 2.70 bits per heavy atom. The van der Waals surface area contributed by atoms with E-state index in [4.69, 9.17) is 10.5 Å². The molecular formula is C7H15NO2. The molecule has 0 heterocycles. The summed E-state index contributed by atoms with van der Waals surface area (Å²) in [6.07, 6.45) is 2.39. The van der Waals surface area contributed by atoms with E-state index >= 15 is 0 Å². The minimum absolute atomic E-state index is 0.0301. The molecule has 0 aromatic heterocycles. The summed E-state index contributed by atoms with van der Waals surface area (Å²) in [5.74, 6) is 0. The van der Waals surface area contributed by atoms with Crippen molar-refractivity contribution in [2.24, 2.45) is 5.73 Å². The third-order valence-electron chi connectivity index (χ3n) is 1.28. The number of hydrogen-bond donors (Lipinski definition) is 1. The molecule has 1 unspecified atom stereocenters. The Bertz CT molecular complexity index is 104. The molecule has 0 aliphatic rings. The number of unbranched alkanes of at least 4 members (excludes halogenated alkanes) is 1. The number of carbonyl (C=O) groups is 1. The molecule has 0 fully saturated rings. The first-order valence-corrected chi connectivity index (χ1v) is 3.63. The molecule has 0 aliphatic carbocycles. The van der Waals surface area contributed by atoms with Crippen molar-refractivity contribution in [2.45, 2.75) is 39.2 Å². The lowest BCUT2D eigenvalue weighted by atomic mass is 10.2. The zero-order valence-corrected chi connectivity index (χ0v) is 6.59. The Hall–Kier alpha value is -0.730. The Balaban J connectivity index is 3.25. The van der Waals surface area contributed by atoms with Gasteiger partial charge in [0.05, 0.1) is 0 Å². The van der Waals surface area contributed by atoms with Crippen LogP contribution in [0, 0.1) is 0 Å². The molecule has 0 aromatic rings. The molecule has 0 rings (SSSR count). The number of primary amides is 1. The maximum atomic E-state index is 10.2. The Morgan fingerprint density at radius 1 is 1.70 bits per heavy atom. The second kappa shape index (κ2) is 5.09. The lowest BCUT2D eigenvalue weighted by molar-refractivity contribution is 0.110. The third-order valence-corrected chi connectivity index (χ3v) is 1.28. The first-order valence-electron chi connectivity index (χ1n) is 3.63. The lowest BCUT2D eigenvalue weighted by Gasteiger charge is -2.09. The van der Waals surface area contributed by atoms with Crippen LogP contribution in [0.4, 0.5) is 4.79 Å². The van der Waals surface area contributed by atoms with Crippen molar-refractivity contribution in [1.82, 2.24) is 0 Å². The van der Waals surface area contributed by atoms with E-state index in [0.717, 1.165) is 19.3 Å². The molecule has 2 N–H and O–H groups in total. The fourth-order valence-electron chi connectivity index (χ4n) is 0.749. The first-order chi connectivity index (χ1) is 4.66. The van der Waals surface area contributed by atoms with Crippen LogP contribution in [0.2, 0.25) is 0 Å². The van der Waals surface area contributed by atoms with Crippen molar-refractivity contribution in [3.8, 4) is 0 Å². The number of hydrogen-bond acceptors (Lipinski definition) is 2. The van der Waals surface area contributed by atoms with Crippen molar-refractivity contribution in [3.05, 3.63) is 0 Å². The highest BCUT2D eigenvalue weighted by atomic mass is 16.6. The van der Waals surface area contributed by atoms with Crippen LogP contribution in [-0.2, 0) is 4.74 Å². The summed E-state index contributed by atoms with van der Waals surface area (Å²) in [7, 11) is 0. The SMILES string of the molecule is CCCCC(C)OC(N)=O. The highest BCUT2D eigenvalue weighted by Crippen LogP contribution is 2.02. The van der Waals surface area contributed by atoms with Gasteiger partial charge in [-0.05, 0) is 13.3 Å². The summed E-state index contributed by atoms with van der Waals surface area (Å²) < 4.78 is 4.69. The van der Waals surface area contributed by atoms with Gasteiger partial charge >= 0.3 is 6.09 Å². The van der Waals surface area contributed by atoms with Gasteiger partial charge in [-0.25, -0.2) is 4.79 Å². The summed E-state index contributed by atoms with van der Waals surface area (Å²) in [5.41, 5.74) is 4.80. The summed E-state index contributed by atoms with van der Waals surface area (Å²) >= 11 is 0. The van der Waals surface area contributed by atoms with Gasteiger partial charge in [-0.2, -0.15) is 0 Å². The van der Waals surface area contributed by atoms with Gasteiger partial charge in [-0.1, -0.05) is 19.8 Å². The maximum absolute atomic E-state index is 10.2. The molecule has 3 heteroatoms. The summed E-state index contributed by atoms with van der Waals surface area (Å²) in [4.78, 5) is 10.2. The minimum Gasteiger partial charge on any atom is -0.447 e. The van der Waals surface area contributed by atoms with Crippen LogP contribution < -0.4 is 5.73 Å². The van der Waals surface area contributed by atoms with Crippen LogP contribution in [-0.4, -0.2) is 12.2 Å². The highest BCUT2D eigenvalue weighted by molar-refractivity contribution is 5.64. The molecule has 0 aliphatic heterocycles. The van der Waals surface area contributed by atoms with Gasteiger partial charge in [0, 0.05) is 0 Å². The number of amides is 1. The van der Waals surface area contributed by atoms with Gasteiger partial charge in [-0.15, -0.1) is 0 Å². The molecule has 1 atom stereocenters. The fourth-order valence-corrected chi connectivity index (χ4v) is 0.749. The third kappa shape index (κ3) is 5.41. The maximum Gasteiger partial charge on any atom is 0.404 e. The average molecular weight is 145 g/mol. The van der Waals surface area contributed by atoms with Gasteiger partial charge in [0.15, 0.2) is 0 Å². The van der Waals surface area contributed by atoms with E-state index in [2.05, 4.69) is 6.92 Å². The van der Waals surface area contributed by atoms with Gasteiger partial charge < -0.3 is 10.5 Å². The zero-order chi connectivity index (χ0) is 7.98. The van der Waals surface area contributed by atoms with E-state index in [1.54, 1.807) is 0 Å². The van der Waals surface area contributed by atoms with Crippen molar-refractivity contribution < 1.29 is 9.53 Å². The number of rotatable bonds is 4. The normalized spacial score (nSPS) is 12.6. The molecule has 1 amide bonds. The molecule has 0 spiro atoms. The number of nitrogens with two attached hydrogens (primary N) is 1. The quantitative estimate of drug-likeness (QED) is 0.654. The van der Waals surface area contributed by atoms with Gasteiger partial charge in [0.1, 0.15) is 6.10 Å². The van der Waals surface area contributed by atoms with Crippen LogP contribution in [0.5, 0.6) is 0 Å². The predicted molar refractivity (Wildman–Crippen MR) is 39.7 cm³/mol. The number of carbonyl (C=O) groups excluding carboxylic acids is 1. The average Bonchev–Trinajstić information content (AvgIpc) is 1.82. The second-order valence-corrected chi connectivity index (χ2v) is 2.39. The van der Waals surface area contributed by atoms with E-state index in [0.29, 0.717) is 0 Å². The Labute approximate surface area is 61.5 Å². The minimum atomic E-state index is -0.677. The van der Waals surface area contributed by atoms with Crippen molar-refractivity contribution >= 4 is 6.09 Å². The second-order valence-electron chi connectivity index (χ2n) is 2.39. The highest BCUT2D eigenvalue weighted by Gasteiger charge is 2.03. The van der Waals surface area contributed by atoms with Crippen LogP contribution >= 0.6 is 0 Å². The van der Waals surface area contributed by atoms with Crippen LogP contribution in [0.15, 0.2) is 0 Å². The van der Waals surface area contributed by atoms with Gasteiger partial charge in [0.2, 0.25) is 0 Å². The first kappa shape index (κ1) is 9.27. The van der Waals surface area contributed by atoms with Crippen molar-refractivity contribution in [2.75, 3.05) is 0 Å². The number of ether oxygens (including phenoxy) is 1. The molecule has 0 saturated carbocycles. The van der Waals surface area contributed by atoms with E-state index in [-0.39, 0.29) is 6.10 Å². The Morgan fingerprint density at radius 2 is 2.30 bits per heavy atom. The van der Waals surface area contributed by atoms with Crippen LogP contribution in [0.3, 0.4) is 0 Å². The standard InChI is InChI=1S/C7H15NO2/c1-3-4-5-6(2)10-7(8)9/h6H,3-5H2,1-2H3,(H2,8,9). The molecule has 0 bridgehead atoms. The summed E-state index contributed by atoms with van der Waals surface area (Å²) in [6, 6.07) is 0. The van der Waals surface area contributed by atoms with E-state index in [9.17, 15) is 4.79 Å². The van der Waals surface area contributed by atoms with E-state index in [1.807, 2.05) is 6.92 Å². The largest absolute Gasteiger partial charge is 0.447 e. The molecule has 60 valence electrons. The van der Waals surface area contributed by atoms with E-state index in [1.165, 1.54) is 0 Å². The van der Waals surface area contributed by atoms with Gasteiger partial charge in [-0.3, -0.25) is 0 Å². The summed E-state index contributed by atoms with van der Waals surface area (Å²) in [5, 5.41) is 0. The fraction of sp³-hybridized carbons (Fsp3) is 0.857. The Kier molecular flexibility index (Phi) is 4.72. The van der Waals surface area contributed by atoms with Crippen LogP contribution in [0.1, 0.15) is 33.1 Å². The smallest absolute Gasteiger partial charge is 0.404 e. The van der Waals surface area contributed by atoms with Crippen molar-refractivity contribution in [1.29, 1.82) is 0 Å². The van der Waals surface area contributed by atoms with E-state index < -0.39 is 6.09 Å². The predicted octanol–water partition coefficient (Wildman–Crippen LogP) is 1.66. The zero-order valence-electron chi connectivity index (χ0n) is 6.59. The topological polar surface area (TPSA) is 52.3 Å². The molecule has 0 aromatic carbocycles. The molecule has 3 nitrogen and oxygen atoms in total. The molecular weight excluding hydrogens is 130 g/mol. The molecule has 10 heavy (non-hydrogen) atoms. The van der Waals surface area contributed by atoms with Gasteiger partial charge in [0.25, 0.3) is 0 Å². The van der Waals surface area contributed by atoms with Crippen LogP contribution in [0.25, 0.3) is 0 Å². The molecule has 0 radical (unpaired) electrons. The van der Waals surface area contributed by atoms with Crippen molar-refractivity contribution in [3.63, 3.8) is 0 Å². The lowest BCUT2D eigenvalue weighted by Crippen LogP contribution is -2.20. The molecule has 0 saturated heterocycles. The summed E-state index contributed by atoms with van der Waals surface area (Å²) in [6.45, 7) is 3.94. The monoisotopic (exact) mass is 145 g/mol.